The first-order valence-electron chi connectivity index (χ1n) is 4.59. The number of halogens is 1. The minimum absolute atomic E-state index is 0.390. The molecule has 1 aliphatic heterocycles. The molecular formula is C11H14BrN. The zero-order valence-electron chi connectivity index (χ0n) is 8.02. The maximum absolute atomic E-state index is 3.48. The maximum atomic E-state index is 3.48. The lowest BCUT2D eigenvalue weighted by molar-refractivity contribution is 0.379. The summed E-state index contributed by atoms with van der Waals surface area (Å²) in [6, 6.07) is 6.47. The van der Waals surface area contributed by atoms with Crippen molar-refractivity contribution in [3.8, 4) is 0 Å². The summed E-state index contributed by atoms with van der Waals surface area (Å²) in [5, 5.41) is 3.46. The van der Waals surface area contributed by atoms with Gasteiger partial charge in [-0.3, -0.25) is 0 Å². The first kappa shape index (κ1) is 9.07. The summed E-state index contributed by atoms with van der Waals surface area (Å²) in [4.78, 5) is 0. The number of hydrogen-bond donors (Lipinski definition) is 1. The summed E-state index contributed by atoms with van der Waals surface area (Å²) < 4.78 is 1.15. The Morgan fingerprint density at radius 3 is 2.92 bits per heavy atom. The molecule has 1 heterocycles. The molecule has 0 fully saturated rings. The van der Waals surface area contributed by atoms with E-state index >= 15 is 0 Å². The lowest BCUT2D eigenvalue weighted by Crippen LogP contribution is -2.30. The van der Waals surface area contributed by atoms with Crippen LogP contribution >= 0.6 is 15.9 Å². The summed E-state index contributed by atoms with van der Waals surface area (Å²) in [6.07, 6.45) is 1.17. The minimum Gasteiger partial charge on any atom is -0.384 e. The number of rotatable bonds is 0. The average Bonchev–Trinajstić information content (AvgIpc) is 2.05. The standard InChI is InChI=1S/C11H14BrN/c1-11(2)6-8-3-4-9(12)5-10(8)13-7-11/h3-5,13H,6-7H2,1-2H3. The van der Waals surface area contributed by atoms with E-state index in [-0.39, 0.29) is 0 Å². The van der Waals surface area contributed by atoms with Gasteiger partial charge in [-0.25, -0.2) is 0 Å². The second-order valence-corrected chi connectivity index (χ2v) is 5.41. The lowest BCUT2D eigenvalue weighted by Gasteiger charge is -2.32. The Morgan fingerprint density at radius 1 is 1.38 bits per heavy atom. The summed E-state index contributed by atoms with van der Waals surface area (Å²) in [6.45, 7) is 5.66. The Labute approximate surface area is 87.7 Å². The van der Waals surface area contributed by atoms with Crippen LogP contribution in [0.2, 0.25) is 0 Å². The second-order valence-electron chi connectivity index (χ2n) is 4.50. The molecule has 0 saturated heterocycles. The SMILES string of the molecule is CC1(C)CNc2cc(Br)ccc2C1. The third-order valence-corrected chi connectivity index (χ3v) is 2.99. The summed E-state index contributed by atoms with van der Waals surface area (Å²) in [7, 11) is 0. The van der Waals surface area contributed by atoms with E-state index in [4.69, 9.17) is 0 Å². The Morgan fingerprint density at radius 2 is 2.15 bits per heavy atom. The van der Waals surface area contributed by atoms with Crippen molar-refractivity contribution in [2.24, 2.45) is 5.41 Å². The molecule has 13 heavy (non-hydrogen) atoms. The third-order valence-electron chi connectivity index (χ3n) is 2.50. The van der Waals surface area contributed by atoms with Gasteiger partial charge in [0, 0.05) is 16.7 Å². The number of nitrogens with one attached hydrogen (secondary N) is 1. The Hall–Kier alpha value is -0.500. The van der Waals surface area contributed by atoms with Crippen molar-refractivity contribution in [2.45, 2.75) is 20.3 Å². The molecule has 0 atom stereocenters. The molecule has 2 rings (SSSR count). The smallest absolute Gasteiger partial charge is 0.0384 e. The van der Waals surface area contributed by atoms with Crippen LogP contribution in [0, 0.1) is 5.41 Å². The van der Waals surface area contributed by atoms with Crippen LogP contribution in [0.25, 0.3) is 0 Å². The molecular weight excluding hydrogens is 226 g/mol. The predicted octanol–water partition coefficient (Wildman–Crippen LogP) is 3.44. The van der Waals surface area contributed by atoms with Crippen molar-refractivity contribution in [1.82, 2.24) is 0 Å². The molecule has 0 unspecified atom stereocenters. The van der Waals surface area contributed by atoms with Crippen molar-refractivity contribution in [2.75, 3.05) is 11.9 Å². The van der Waals surface area contributed by atoms with E-state index in [0.29, 0.717) is 5.41 Å². The molecule has 0 radical (unpaired) electrons. The van der Waals surface area contributed by atoms with Crippen molar-refractivity contribution in [3.63, 3.8) is 0 Å². The van der Waals surface area contributed by atoms with Crippen molar-refractivity contribution >= 4 is 21.6 Å². The summed E-state index contributed by atoms with van der Waals surface area (Å²) in [5.74, 6) is 0. The van der Waals surface area contributed by atoms with E-state index in [1.165, 1.54) is 17.7 Å². The summed E-state index contributed by atoms with van der Waals surface area (Å²) >= 11 is 3.48. The molecule has 1 aliphatic rings. The van der Waals surface area contributed by atoms with Crippen molar-refractivity contribution < 1.29 is 0 Å². The molecule has 1 N–H and O–H groups in total. The van der Waals surface area contributed by atoms with Gasteiger partial charge in [-0.2, -0.15) is 0 Å². The fourth-order valence-corrected chi connectivity index (χ4v) is 2.14. The lowest BCUT2D eigenvalue weighted by atomic mass is 9.82. The molecule has 0 saturated carbocycles. The molecule has 0 spiro atoms. The second kappa shape index (κ2) is 3.02. The zero-order chi connectivity index (χ0) is 9.47. The quantitative estimate of drug-likeness (QED) is 0.732. The van der Waals surface area contributed by atoms with Crippen LogP contribution in [0.1, 0.15) is 19.4 Å². The van der Waals surface area contributed by atoms with E-state index < -0.39 is 0 Å². The fraction of sp³-hybridized carbons (Fsp3) is 0.455. The Kier molecular flexibility index (Phi) is 2.11. The van der Waals surface area contributed by atoms with Gasteiger partial charge in [-0.05, 0) is 29.5 Å². The molecule has 70 valence electrons. The largest absolute Gasteiger partial charge is 0.384 e. The fourth-order valence-electron chi connectivity index (χ4n) is 1.78. The summed E-state index contributed by atoms with van der Waals surface area (Å²) in [5.41, 5.74) is 3.11. The molecule has 1 aromatic carbocycles. The van der Waals surface area contributed by atoms with Crippen LogP contribution in [0.15, 0.2) is 22.7 Å². The van der Waals surface area contributed by atoms with E-state index in [1.807, 2.05) is 0 Å². The van der Waals surface area contributed by atoms with E-state index in [9.17, 15) is 0 Å². The van der Waals surface area contributed by atoms with Gasteiger partial charge in [0.25, 0.3) is 0 Å². The first-order valence-corrected chi connectivity index (χ1v) is 5.38. The predicted molar refractivity (Wildman–Crippen MR) is 60.1 cm³/mol. The van der Waals surface area contributed by atoms with E-state index in [0.717, 1.165) is 11.0 Å². The molecule has 0 aromatic heterocycles. The number of anilines is 1. The maximum Gasteiger partial charge on any atom is 0.0384 e. The third kappa shape index (κ3) is 1.88. The molecule has 2 heteroatoms. The highest BCUT2D eigenvalue weighted by Gasteiger charge is 2.24. The van der Waals surface area contributed by atoms with Crippen LogP contribution in [0.3, 0.4) is 0 Å². The van der Waals surface area contributed by atoms with Gasteiger partial charge in [0.05, 0.1) is 0 Å². The Balaban J connectivity index is 2.37. The van der Waals surface area contributed by atoms with Gasteiger partial charge in [-0.1, -0.05) is 35.8 Å². The number of benzene rings is 1. The van der Waals surface area contributed by atoms with Gasteiger partial charge < -0.3 is 5.32 Å². The topological polar surface area (TPSA) is 12.0 Å². The van der Waals surface area contributed by atoms with Crippen LogP contribution in [-0.2, 0) is 6.42 Å². The monoisotopic (exact) mass is 239 g/mol. The van der Waals surface area contributed by atoms with Crippen LogP contribution in [0.5, 0.6) is 0 Å². The zero-order valence-corrected chi connectivity index (χ0v) is 9.61. The van der Waals surface area contributed by atoms with Gasteiger partial charge >= 0.3 is 0 Å². The molecule has 0 aliphatic carbocycles. The average molecular weight is 240 g/mol. The molecule has 1 aromatic rings. The van der Waals surface area contributed by atoms with Crippen LogP contribution in [0.4, 0.5) is 5.69 Å². The molecule has 0 bridgehead atoms. The number of hydrogen-bond acceptors (Lipinski definition) is 1. The highest BCUT2D eigenvalue weighted by atomic mass is 79.9. The number of fused-ring (bicyclic) bond motifs is 1. The van der Waals surface area contributed by atoms with E-state index in [2.05, 4.69) is 53.3 Å². The van der Waals surface area contributed by atoms with Crippen molar-refractivity contribution in [1.29, 1.82) is 0 Å². The minimum atomic E-state index is 0.390. The van der Waals surface area contributed by atoms with Gasteiger partial charge in [0.1, 0.15) is 0 Å². The van der Waals surface area contributed by atoms with Crippen molar-refractivity contribution in [3.05, 3.63) is 28.2 Å². The Bertz CT molecular complexity index is 331. The van der Waals surface area contributed by atoms with Gasteiger partial charge in [0.15, 0.2) is 0 Å². The normalized spacial score (nSPS) is 19.0. The van der Waals surface area contributed by atoms with Crippen LogP contribution < -0.4 is 5.32 Å². The van der Waals surface area contributed by atoms with Crippen LogP contribution in [-0.4, -0.2) is 6.54 Å². The first-order chi connectivity index (χ1) is 6.07. The highest BCUT2D eigenvalue weighted by molar-refractivity contribution is 9.10. The molecule has 1 nitrogen and oxygen atoms in total. The van der Waals surface area contributed by atoms with Gasteiger partial charge in [0.2, 0.25) is 0 Å². The van der Waals surface area contributed by atoms with E-state index in [1.54, 1.807) is 0 Å². The highest BCUT2D eigenvalue weighted by Crippen LogP contribution is 2.33. The molecule has 0 amide bonds. The van der Waals surface area contributed by atoms with Gasteiger partial charge in [-0.15, -0.1) is 0 Å².